The van der Waals surface area contributed by atoms with Crippen molar-refractivity contribution in [1.82, 2.24) is 0 Å². The molecule has 2 aromatic rings. The van der Waals surface area contributed by atoms with E-state index >= 15 is 0 Å². The van der Waals surface area contributed by atoms with E-state index in [4.69, 9.17) is 4.74 Å². The molecule has 0 saturated carbocycles. The number of hydrogen-bond donors (Lipinski definition) is 1. The van der Waals surface area contributed by atoms with E-state index in [0.717, 1.165) is 12.0 Å². The predicted octanol–water partition coefficient (Wildman–Crippen LogP) is 3.17. The standard InChI is InChI=1S/C19H22N2O5S2/c1-2-26-18(23)10-9-17(22)20-15-7-8-16-14(13-15)5-3-11-21(16)28(24,25)19-6-4-12-27-19/h4,6-8,12-13H,2-3,5,9-11H2,1H3,(H,20,22). The number of rotatable bonds is 7. The zero-order chi connectivity index (χ0) is 20.1. The summed E-state index contributed by atoms with van der Waals surface area (Å²) in [7, 11) is -3.58. The van der Waals surface area contributed by atoms with Crippen LogP contribution in [0.4, 0.5) is 11.4 Å². The van der Waals surface area contributed by atoms with Crippen LogP contribution in [0.5, 0.6) is 0 Å². The Morgan fingerprint density at radius 3 is 2.79 bits per heavy atom. The summed E-state index contributed by atoms with van der Waals surface area (Å²) < 4.78 is 32.4. The number of aryl methyl sites for hydroxylation is 1. The number of anilines is 2. The SMILES string of the molecule is CCOC(=O)CCC(=O)Nc1ccc2c(c1)CCCN2S(=O)(=O)c1cccs1. The van der Waals surface area contributed by atoms with Crippen molar-refractivity contribution in [1.29, 1.82) is 0 Å². The second-order valence-corrected chi connectivity index (χ2v) is 9.35. The van der Waals surface area contributed by atoms with Gasteiger partial charge in [-0.15, -0.1) is 11.3 Å². The molecule has 0 saturated heterocycles. The van der Waals surface area contributed by atoms with Gasteiger partial charge in [0, 0.05) is 18.7 Å². The number of carbonyl (C=O) groups is 2. The third-order valence-electron chi connectivity index (χ3n) is 4.34. The summed E-state index contributed by atoms with van der Waals surface area (Å²) in [6, 6.07) is 8.53. The molecule has 0 radical (unpaired) electrons. The minimum atomic E-state index is -3.58. The predicted molar refractivity (Wildman–Crippen MR) is 108 cm³/mol. The maximum Gasteiger partial charge on any atom is 0.306 e. The lowest BCUT2D eigenvalue weighted by Gasteiger charge is -2.30. The largest absolute Gasteiger partial charge is 0.466 e. The summed E-state index contributed by atoms with van der Waals surface area (Å²) in [5.41, 5.74) is 2.10. The minimum Gasteiger partial charge on any atom is -0.466 e. The molecule has 7 nitrogen and oxygen atoms in total. The molecule has 1 aromatic heterocycles. The highest BCUT2D eigenvalue weighted by Crippen LogP contribution is 2.34. The van der Waals surface area contributed by atoms with E-state index in [2.05, 4.69) is 5.32 Å². The van der Waals surface area contributed by atoms with Gasteiger partial charge in [0.1, 0.15) is 4.21 Å². The van der Waals surface area contributed by atoms with E-state index in [9.17, 15) is 18.0 Å². The van der Waals surface area contributed by atoms with Gasteiger partial charge in [-0.25, -0.2) is 8.42 Å². The number of fused-ring (bicyclic) bond motifs is 1. The van der Waals surface area contributed by atoms with Crippen LogP contribution in [0.1, 0.15) is 31.7 Å². The van der Waals surface area contributed by atoms with E-state index in [1.54, 1.807) is 42.6 Å². The number of hydrogen-bond acceptors (Lipinski definition) is 6. The normalized spacial score (nSPS) is 13.7. The van der Waals surface area contributed by atoms with E-state index in [1.165, 1.54) is 15.6 Å². The van der Waals surface area contributed by atoms with Crippen LogP contribution < -0.4 is 9.62 Å². The van der Waals surface area contributed by atoms with Crippen molar-refractivity contribution < 1.29 is 22.7 Å². The second-order valence-electron chi connectivity index (χ2n) is 6.31. The Kier molecular flexibility index (Phi) is 6.35. The fourth-order valence-corrected chi connectivity index (χ4v) is 5.73. The number of nitrogens with zero attached hydrogens (tertiary/aromatic N) is 1. The van der Waals surface area contributed by atoms with E-state index < -0.39 is 16.0 Å². The van der Waals surface area contributed by atoms with Crippen LogP contribution in [-0.4, -0.2) is 33.4 Å². The lowest BCUT2D eigenvalue weighted by Crippen LogP contribution is -2.35. The molecule has 2 heterocycles. The highest BCUT2D eigenvalue weighted by molar-refractivity contribution is 7.94. The van der Waals surface area contributed by atoms with E-state index in [-0.39, 0.29) is 25.4 Å². The minimum absolute atomic E-state index is 0.0252. The summed E-state index contributed by atoms with van der Waals surface area (Å²) in [5.74, 6) is -0.690. The Bertz CT molecular complexity index is 955. The number of benzene rings is 1. The number of ether oxygens (including phenoxy) is 1. The fourth-order valence-electron chi connectivity index (χ4n) is 3.08. The molecule has 0 atom stereocenters. The van der Waals surface area contributed by atoms with Gasteiger partial charge in [0.25, 0.3) is 10.0 Å². The third kappa shape index (κ3) is 4.53. The summed E-state index contributed by atoms with van der Waals surface area (Å²) in [6.07, 6.45) is 1.50. The molecule has 0 aliphatic carbocycles. The van der Waals surface area contributed by atoms with Crippen LogP contribution in [0.3, 0.4) is 0 Å². The van der Waals surface area contributed by atoms with Crippen molar-refractivity contribution >= 4 is 44.6 Å². The summed E-state index contributed by atoms with van der Waals surface area (Å²) in [5, 5.41) is 4.50. The molecule has 1 aliphatic rings. The number of carbonyl (C=O) groups excluding carboxylic acids is 2. The van der Waals surface area contributed by atoms with Gasteiger partial charge >= 0.3 is 5.97 Å². The molecular formula is C19H22N2O5S2. The van der Waals surface area contributed by atoms with Crippen molar-refractivity contribution in [3.63, 3.8) is 0 Å². The first-order valence-corrected chi connectivity index (χ1v) is 11.4. The van der Waals surface area contributed by atoms with Crippen LogP contribution >= 0.6 is 11.3 Å². The Hall–Kier alpha value is -2.39. The van der Waals surface area contributed by atoms with Crippen LogP contribution in [0.2, 0.25) is 0 Å². The average Bonchev–Trinajstić information content (AvgIpc) is 3.22. The first-order valence-electron chi connectivity index (χ1n) is 9.06. The van der Waals surface area contributed by atoms with Crippen LogP contribution in [0.25, 0.3) is 0 Å². The molecule has 0 fully saturated rings. The highest BCUT2D eigenvalue weighted by Gasteiger charge is 2.29. The van der Waals surface area contributed by atoms with Gasteiger partial charge in [0.05, 0.1) is 18.7 Å². The van der Waals surface area contributed by atoms with Crippen molar-refractivity contribution in [3.8, 4) is 0 Å². The number of thiophene rings is 1. The smallest absolute Gasteiger partial charge is 0.306 e. The summed E-state index contributed by atoms with van der Waals surface area (Å²) in [6.45, 7) is 2.43. The van der Waals surface area contributed by atoms with Gasteiger partial charge in [-0.3, -0.25) is 13.9 Å². The Labute approximate surface area is 168 Å². The number of sulfonamides is 1. The summed E-state index contributed by atoms with van der Waals surface area (Å²) in [4.78, 5) is 23.4. The first-order chi connectivity index (χ1) is 13.4. The molecular weight excluding hydrogens is 400 g/mol. The van der Waals surface area contributed by atoms with Gasteiger partial charge in [-0.05, 0) is 55.0 Å². The monoisotopic (exact) mass is 422 g/mol. The first kappa shape index (κ1) is 20.3. The molecule has 9 heteroatoms. The zero-order valence-corrected chi connectivity index (χ0v) is 17.1. The van der Waals surface area contributed by atoms with Crippen LogP contribution in [0.15, 0.2) is 39.9 Å². The number of amides is 1. The van der Waals surface area contributed by atoms with Gasteiger partial charge < -0.3 is 10.1 Å². The van der Waals surface area contributed by atoms with Gasteiger partial charge in [0.2, 0.25) is 5.91 Å². The molecule has 1 N–H and O–H groups in total. The highest BCUT2D eigenvalue weighted by atomic mass is 32.2. The van der Waals surface area contributed by atoms with Crippen molar-refractivity contribution in [2.45, 2.75) is 36.8 Å². The zero-order valence-electron chi connectivity index (χ0n) is 15.5. The molecule has 1 aromatic carbocycles. The molecule has 150 valence electrons. The molecule has 28 heavy (non-hydrogen) atoms. The number of nitrogens with one attached hydrogen (secondary N) is 1. The second kappa shape index (κ2) is 8.74. The molecule has 0 unspecified atom stereocenters. The number of esters is 1. The molecule has 1 amide bonds. The third-order valence-corrected chi connectivity index (χ3v) is 7.53. The van der Waals surface area contributed by atoms with Gasteiger partial charge in [-0.2, -0.15) is 0 Å². The summed E-state index contributed by atoms with van der Waals surface area (Å²) >= 11 is 1.20. The quantitative estimate of drug-likeness (QED) is 0.692. The molecule has 1 aliphatic heterocycles. The van der Waals surface area contributed by atoms with Crippen molar-refractivity contribution in [2.75, 3.05) is 22.8 Å². The van der Waals surface area contributed by atoms with Gasteiger partial charge in [0.15, 0.2) is 0 Å². The lowest BCUT2D eigenvalue weighted by atomic mass is 10.0. The molecule has 0 bridgehead atoms. The Morgan fingerprint density at radius 1 is 1.25 bits per heavy atom. The molecule has 0 spiro atoms. The van der Waals surface area contributed by atoms with E-state index in [0.29, 0.717) is 28.5 Å². The van der Waals surface area contributed by atoms with Crippen LogP contribution in [-0.2, 0) is 30.8 Å². The average molecular weight is 423 g/mol. The Balaban J connectivity index is 1.73. The fraction of sp³-hybridized carbons (Fsp3) is 0.368. The topological polar surface area (TPSA) is 92.8 Å². The maximum absolute atomic E-state index is 12.9. The Morgan fingerprint density at radius 2 is 2.07 bits per heavy atom. The van der Waals surface area contributed by atoms with Crippen molar-refractivity contribution in [3.05, 3.63) is 41.3 Å². The maximum atomic E-state index is 12.9. The van der Waals surface area contributed by atoms with Gasteiger partial charge in [-0.1, -0.05) is 6.07 Å². The molecule has 3 rings (SSSR count). The van der Waals surface area contributed by atoms with Crippen molar-refractivity contribution in [2.24, 2.45) is 0 Å². The lowest BCUT2D eigenvalue weighted by molar-refractivity contribution is -0.144. The van der Waals surface area contributed by atoms with E-state index in [1.807, 2.05) is 0 Å². The van der Waals surface area contributed by atoms with Crippen LogP contribution in [0, 0.1) is 0 Å².